The number of ether oxygens (including phenoxy) is 1. The second-order valence-electron chi connectivity index (χ2n) is 4.58. The Kier molecular flexibility index (Phi) is 4.62. The lowest BCUT2D eigenvalue weighted by molar-refractivity contribution is 0.102. The van der Waals surface area contributed by atoms with Gasteiger partial charge >= 0.3 is 0 Å². The lowest BCUT2D eigenvalue weighted by atomic mass is 10.2. The lowest BCUT2D eigenvalue weighted by Crippen LogP contribution is -2.14. The molecule has 1 heterocycles. The highest BCUT2D eigenvalue weighted by Gasteiger charge is 2.14. The Labute approximate surface area is 140 Å². The molecule has 0 atom stereocenters. The zero-order chi connectivity index (χ0) is 16.1. The number of amides is 1. The Morgan fingerprint density at radius 1 is 1.22 bits per heavy atom. The maximum absolute atomic E-state index is 12.5. The van der Waals surface area contributed by atoms with Crippen LogP contribution in [0.2, 0.25) is 0 Å². The summed E-state index contributed by atoms with van der Waals surface area (Å²) in [5, 5.41) is 16.3. The van der Waals surface area contributed by atoms with Crippen LogP contribution in [0.25, 0.3) is 0 Å². The third-order valence-electron chi connectivity index (χ3n) is 2.96. The van der Waals surface area contributed by atoms with Gasteiger partial charge in [-0.1, -0.05) is 39.3 Å². The molecule has 1 aromatic heterocycles. The van der Waals surface area contributed by atoms with E-state index in [1.54, 1.807) is 18.2 Å². The number of aromatic amines is 1. The third kappa shape index (κ3) is 3.92. The average Bonchev–Trinajstić information content (AvgIpc) is 3.08. The van der Waals surface area contributed by atoms with E-state index in [0.29, 0.717) is 22.8 Å². The van der Waals surface area contributed by atoms with Gasteiger partial charge in [0.15, 0.2) is 6.61 Å². The van der Waals surface area contributed by atoms with E-state index < -0.39 is 0 Å². The van der Waals surface area contributed by atoms with Crippen LogP contribution in [0, 0.1) is 0 Å². The molecule has 0 bridgehead atoms. The van der Waals surface area contributed by atoms with Crippen LogP contribution in [0.15, 0.2) is 53.0 Å². The number of para-hydroxylation sites is 1. The maximum Gasteiger partial charge on any atom is 0.259 e. The number of nitrogens with one attached hydrogen (secondary N) is 2. The molecule has 0 saturated carbocycles. The molecular formula is C15H12BrN5O2. The number of hydrogen-bond donors (Lipinski definition) is 2. The first-order valence-corrected chi connectivity index (χ1v) is 7.53. The molecule has 0 aliphatic rings. The molecule has 0 spiro atoms. The van der Waals surface area contributed by atoms with Crippen LogP contribution >= 0.6 is 15.9 Å². The van der Waals surface area contributed by atoms with Gasteiger partial charge < -0.3 is 10.1 Å². The molecule has 0 fully saturated rings. The second kappa shape index (κ2) is 7.01. The van der Waals surface area contributed by atoms with Crippen molar-refractivity contribution in [3.05, 3.63) is 64.4 Å². The summed E-state index contributed by atoms with van der Waals surface area (Å²) in [5.74, 6) is 0.578. The number of anilines is 1. The van der Waals surface area contributed by atoms with Crippen molar-refractivity contribution in [2.24, 2.45) is 0 Å². The molecule has 2 N–H and O–H groups in total. The number of H-pyrrole nitrogens is 1. The molecule has 23 heavy (non-hydrogen) atoms. The second-order valence-corrected chi connectivity index (χ2v) is 5.49. The molecule has 0 unspecified atom stereocenters. The fourth-order valence-electron chi connectivity index (χ4n) is 1.91. The van der Waals surface area contributed by atoms with Gasteiger partial charge in [-0.25, -0.2) is 0 Å². The third-order valence-corrected chi connectivity index (χ3v) is 3.46. The molecule has 7 nitrogen and oxygen atoms in total. The van der Waals surface area contributed by atoms with E-state index in [0.717, 1.165) is 4.47 Å². The largest absolute Gasteiger partial charge is 0.485 e. The van der Waals surface area contributed by atoms with Crippen molar-refractivity contribution in [3.63, 3.8) is 0 Å². The van der Waals surface area contributed by atoms with Gasteiger partial charge in [0.1, 0.15) is 5.75 Å². The molecule has 0 aliphatic heterocycles. The van der Waals surface area contributed by atoms with Crippen LogP contribution in [0.3, 0.4) is 0 Å². The van der Waals surface area contributed by atoms with Crippen molar-refractivity contribution in [1.82, 2.24) is 20.6 Å². The molecule has 3 aromatic rings. The first-order valence-electron chi connectivity index (χ1n) is 6.73. The molecule has 0 radical (unpaired) electrons. The number of nitrogens with zero attached hydrogens (tertiary/aromatic N) is 3. The standard InChI is InChI=1S/C15H12BrN5O2/c16-10-6-7-13(23-9-14-18-20-21-19-14)12(8-10)15(22)17-11-4-2-1-3-5-11/h1-8H,9H2,(H,17,22)(H,18,19,20,21). The van der Waals surface area contributed by atoms with E-state index in [4.69, 9.17) is 4.74 Å². The van der Waals surface area contributed by atoms with Crippen LogP contribution in [0.5, 0.6) is 5.75 Å². The number of rotatable bonds is 5. The Morgan fingerprint density at radius 2 is 2.04 bits per heavy atom. The fourth-order valence-corrected chi connectivity index (χ4v) is 2.27. The highest BCUT2D eigenvalue weighted by molar-refractivity contribution is 9.10. The van der Waals surface area contributed by atoms with E-state index in [1.807, 2.05) is 30.3 Å². The Bertz CT molecular complexity index is 793. The predicted molar refractivity (Wildman–Crippen MR) is 87.0 cm³/mol. The van der Waals surface area contributed by atoms with Crippen LogP contribution in [0.1, 0.15) is 16.2 Å². The summed E-state index contributed by atoms with van der Waals surface area (Å²) in [6, 6.07) is 14.4. The summed E-state index contributed by atoms with van der Waals surface area (Å²) in [5.41, 5.74) is 1.12. The number of tetrazole rings is 1. The monoisotopic (exact) mass is 373 g/mol. The van der Waals surface area contributed by atoms with Crippen molar-refractivity contribution in [2.75, 3.05) is 5.32 Å². The normalized spacial score (nSPS) is 10.3. The van der Waals surface area contributed by atoms with Crippen LogP contribution < -0.4 is 10.1 Å². The predicted octanol–water partition coefficient (Wildman–Crippen LogP) is 2.79. The number of aromatic nitrogens is 4. The van der Waals surface area contributed by atoms with E-state index in [9.17, 15) is 4.79 Å². The van der Waals surface area contributed by atoms with E-state index in [2.05, 4.69) is 41.9 Å². The summed E-state index contributed by atoms with van der Waals surface area (Å²) in [7, 11) is 0. The summed E-state index contributed by atoms with van der Waals surface area (Å²) in [6.45, 7) is 0.115. The van der Waals surface area contributed by atoms with Gasteiger partial charge in [0, 0.05) is 10.2 Å². The van der Waals surface area contributed by atoms with Crippen molar-refractivity contribution in [1.29, 1.82) is 0 Å². The van der Waals surface area contributed by atoms with Crippen molar-refractivity contribution >= 4 is 27.5 Å². The molecule has 0 aliphatic carbocycles. The fraction of sp³-hybridized carbons (Fsp3) is 0.0667. The molecule has 3 rings (SSSR count). The number of halogens is 1. The van der Waals surface area contributed by atoms with Crippen LogP contribution in [-0.2, 0) is 6.61 Å². The zero-order valence-electron chi connectivity index (χ0n) is 11.9. The number of hydrogen-bond acceptors (Lipinski definition) is 5. The SMILES string of the molecule is O=C(Nc1ccccc1)c1cc(Br)ccc1OCc1nn[nH]n1. The topological polar surface area (TPSA) is 92.8 Å². The number of carbonyl (C=O) groups is 1. The Balaban J connectivity index is 1.79. The summed E-state index contributed by atoms with van der Waals surface area (Å²) in [4.78, 5) is 12.5. The molecule has 2 aromatic carbocycles. The van der Waals surface area contributed by atoms with Gasteiger partial charge in [-0.15, -0.1) is 10.2 Å². The van der Waals surface area contributed by atoms with Crippen LogP contribution in [0.4, 0.5) is 5.69 Å². The summed E-state index contributed by atoms with van der Waals surface area (Å²) in [6.07, 6.45) is 0. The molecular weight excluding hydrogens is 362 g/mol. The lowest BCUT2D eigenvalue weighted by Gasteiger charge is -2.11. The number of carbonyl (C=O) groups excluding carboxylic acids is 1. The highest BCUT2D eigenvalue weighted by Crippen LogP contribution is 2.25. The van der Waals surface area contributed by atoms with E-state index >= 15 is 0 Å². The van der Waals surface area contributed by atoms with Crippen molar-refractivity contribution < 1.29 is 9.53 Å². The first-order chi connectivity index (χ1) is 11.2. The van der Waals surface area contributed by atoms with E-state index in [-0.39, 0.29) is 12.5 Å². The molecule has 0 saturated heterocycles. The maximum atomic E-state index is 12.5. The van der Waals surface area contributed by atoms with Gasteiger partial charge in [0.25, 0.3) is 5.91 Å². The minimum absolute atomic E-state index is 0.115. The summed E-state index contributed by atoms with van der Waals surface area (Å²) >= 11 is 3.36. The molecule has 8 heteroatoms. The summed E-state index contributed by atoms with van der Waals surface area (Å²) < 4.78 is 6.41. The highest BCUT2D eigenvalue weighted by atomic mass is 79.9. The van der Waals surface area contributed by atoms with Gasteiger partial charge in [-0.05, 0) is 30.3 Å². The van der Waals surface area contributed by atoms with Gasteiger partial charge in [-0.3, -0.25) is 4.79 Å². The smallest absolute Gasteiger partial charge is 0.259 e. The zero-order valence-corrected chi connectivity index (χ0v) is 13.4. The van der Waals surface area contributed by atoms with Crippen LogP contribution in [-0.4, -0.2) is 26.5 Å². The van der Waals surface area contributed by atoms with E-state index in [1.165, 1.54) is 0 Å². The first kappa shape index (κ1) is 15.2. The quantitative estimate of drug-likeness (QED) is 0.717. The molecule has 116 valence electrons. The van der Waals surface area contributed by atoms with Gasteiger partial charge in [-0.2, -0.15) is 5.21 Å². The van der Waals surface area contributed by atoms with Crippen molar-refractivity contribution in [2.45, 2.75) is 6.61 Å². The minimum Gasteiger partial charge on any atom is -0.485 e. The average molecular weight is 374 g/mol. The Morgan fingerprint density at radius 3 is 2.78 bits per heavy atom. The van der Waals surface area contributed by atoms with Gasteiger partial charge in [0.05, 0.1) is 5.56 Å². The minimum atomic E-state index is -0.263. The molecule has 1 amide bonds. The van der Waals surface area contributed by atoms with Gasteiger partial charge in [0.2, 0.25) is 5.82 Å². The van der Waals surface area contributed by atoms with Crippen molar-refractivity contribution in [3.8, 4) is 5.75 Å². The number of benzene rings is 2. The Hall–Kier alpha value is -2.74.